The molecule has 0 aliphatic carbocycles. The van der Waals surface area contributed by atoms with E-state index >= 15 is 0 Å². The first-order valence-corrected chi connectivity index (χ1v) is 10.7. The van der Waals surface area contributed by atoms with E-state index in [1.807, 2.05) is 91.1 Å². The van der Waals surface area contributed by atoms with E-state index in [2.05, 4.69) is 34.2 Å². The molecule has 0 fully saturated rings. The van der Waals surface area contributed by atoms with Gasteiger partial charge in [0.1, 0.15) is 5.75 Å². The van der Waals surface area contributed by atoms with Gasteiger partial charge in [-0.2, -0.15) is 0 Å². The summed E-state index contributed by atoms with van der Waals surface area (Å²) in [5.41, 5.74) is 4.50. The summed E-state index contributed by atoms with van der Waals surface area (Å²) in [6.07, 6.45) is 1.91. The summed E-state index contributed by atoms with van der Waals surface area (Å²) in [6, 6.07) is 40.6. The molecule has 0 aliphatic heterocycles. The largest absolute Gasteiger partial charge is 0.507 e. The third kappa shape index (κ3) is 5.20. The van der Waals surface area contributed by atoms with Crippen molar-refractivity contribution < 1.29 is 25.2 Å². The van der Waals surface area contributed by atoms with Gasteiger partial charge < -0.3 is 10.1 Å². The molecule has 0 saturated carbocycles. The van der Waals surface area contributed by atoms with Gasteiger partial charge >= 0.3 is 0 Å². The summed E-state index contributed by atoms with van der Waals surface area (Å²) in [4.78, 5) is 8.99. The zero-order chi connectivity index (χ0) is 22.5. The second kappa shape index (κ2) is 10.8. The van der Waals surface area contributed by atoms with E-state index in [1.54, 1.807) is 12.1 Å². The Kier molecular flexibility index (Phi) is 7.44. The number of pyridine rings is 2. The number of hydrogen-bond acceptors (Lipinski definition) is 3. The molecular weight excluding hydrogens is 597 g/mol. The second-order valence-electron chi connectivity index (χ2n) is 7.60. The molecule has 0 unspecified atom stereocenters. The van der Waals surface area contributed by atoms with Crippen LogP contribution in [0.2, 0.25) is 0 Å². The van der Waals surface area contributed by atoms with Gasteiger partial charge in [-0.05, 0) is 40.7 Å². The first kappa shape index (κ1) is 23.3. The average molecular weight is 618 g/mol. The summed E-state index contributed by atoms with van der Waals surface area (Å²) >= 11 is 0. The number of phenolic OH excluding ortho intramolecular Hbond substituents is 1. The van der Waals surface area contributed by atoms with Crippen LogP contribution in [-0.4, -0.2) is 15.1 Å². The van der Waals surface area contributed by atoms with Crippen molar-refractivity contribution in [1.82, 2.24) is 9.97 Å². The number of para-hydroxylation sites is 2. The Labute approximate surface area is 212 Å². The minimum Gasteiger partial charge on any atom is -0.507 e. The SMILES string of the molecule is Oc1ccccc1-c1ccc2ccccc2n1.[Ir].[c-]1ccccc1-c1cc2ccccc2cn1. The molecule has 3 nitrogen and oxygen atoms in total. The molecule has 2 heterocycles. The fourth-order valence-electron chi connectivity index (χ4n) is 3.69. The number of nitrogens with zero attached hydrogens (tertiary/aromatic N) is 2. The van der Waals surface area contributed by atoms with Crippen LogP contribution in [0.15, 0.2) is 121 Å². The van der Waals surface area contributed by atoms with Gasteiger partial charge in [-0.25, -0.2) is 4.98 Å². The van der Waals surface area contributed by atoms with E-state index in [0.717, 1.165) is 33.4 Å². The fraction of sp³-hybridized carbons (Fsp3) is 0. The first-order valence-electron chi connectivity index (χ1n) is 10.7. The third-order valence-corrected chi connectivity index (χ3v) is 5.39. The maximum Gasteiger partial charge on any atom is 0.124 e. The predicted octanol–water partition coefficient (Wildman–Crippen LogP) is 7.31. The van der Waals surface area contributed by atoms with Crippen LogP contribution in [0.4, 0.5) is 0 Å². The Bertz CT molecular complexity index is 1530. The molecule has 34 heavy (non-hydrogen) atoms. The van der Waals surface area contributed by atoms with Crippen molar-refractivity contribution in [3.8, 4) is 28.3 Å². The molecule has 0 saturated heterocycles. The van der Waals surface area contributed by atoms with E-state index < -0.39 is 0 Å². The molecule has 1 N–H and O–H groups in total. The van der Waals surface area contributed by atoms with Gasteiger partial charge in [0.25, 0.3) is 0 Å². The summed E-state index contributed by atoms with van der Waals surface area (Å²) in [5.74, 6) is 0.260. The molecule has 0 aliphatic rings. The molecule has 167 valence electrons. The zero-order valence-electron chi connectivity index (χ0n) is 18.2. The van der Waals surface area contributed by atoms with Gasteiger partial charge in [-0.15, -0.1) is 35.9 Å². The smallest absolute Gasteiger partial charge is 0.124 e. The van der Waals surface area contributed by atoms with Gasteiger partial charge in [0.2, 0.25) is 0 Å². The van der Waals surface area contributed by atoms with Crippen LogP contribution in [0.3, 0.4) is 0 Å². The summed E-state index contributed by atoms with van der Waals surface area (Å²) in [5, 5.41) is 13.3. The monoisotopic (exact) mass is 618 g/mol. The number of aromatic hydroxyl groups is 1. The van der Waals surface area contributed by atoms with E-state index in [1.165, 1.54) is 10.8 Å². The van der Waals surface area contributed by atoms with Crippen LogP contribution in [0.25, 0.3) is 44.2 Å². The summed E-state index contributed by atoms with van der Waals surface area (Å²) in [7, 11) is 0. The number of aromatic nitrogens is 2. The van der Waals surface area contributed by atoms with Crippen LogP contribution in [0, 0.1) is 6.07 Å². The van der Waals surface area contributed by atoms with Crippen LogP contribution < -0.4 is 0 Å². The van der Waals surface area contributed by atoms with Crippen molar-refractivity contribution in [2.24, 2.45) is 0 Å². The molecule has 4 heteroatoms. The molecular formula is C30H21IrN2O-. The van der Waals surface area contributed by atoms with E-state index in [-0.39, 0.29) is 25.9 Å². The molecule has 0 spiro atoms. The normalized spacial score (nSPS) is 10.2. The molecule has 6 aromatic rings. The molecule has 0 atom stereocenters. The predicted molar refractivity (Wildman–Crippen MR) is 135 cm³/mol. The van der Waals surface area contributed by atoms with Crippen molar-refractivity contribution in [2.75, 3.05) is 0 Å². The van der Waals surface area contributed by atoms with Crippen molar-refractivity contribution in [2.45, 2.75) is 0 Å². The van der Waals surface area contributed by atoms with E-state index in [0.29, 0.717) is 0 Å². The minimum atomic E-state index is 0. The minimum absolute atomic E-state index is 0. The van der Waals surface area contributed by atoms with Crippen molar-refractivity contribution in [3.05, 3.63) is 128 Å². The number of hydrogen-bond donors (Lipinski definition) is 1. The van der Waals surface area contributed by atoms with E-state index in [4.69, 9.17) is 0 Å². The van der Waals surface area contributed by atoms with Crippen LogP contribution in [0.5, 0.6) is 5.75 Å². The van der Waals surface area contributed by atoms with Crippen molar-refractivity contribution >= 4 is 21.7 Å². The molecule has 6 rings (SSSR count). The molecule has 1 radical (unpaired) electrons. The number of phenols is 1. The Morgan fingerprint density at radius 3 is 2.12 bits per heavy atom. The van der Waals surface area contributed by atoms with Gasteiger partial charge in [-0.1, -0.05) is 66.7 Å². The zero-order valence-corrected chi connectivity index (χ0v) is 20.6. The quantitative estimate of drug-likeness (QED) is 0.207. The topological polar surface area (TPSA) is 46.0 Å². The molecule has 4 aromatic carbocycles. The second-order valence-corrected chi connectivity index (χ2v) is 7.60. The standard InChI is InChI=1S/C15H11NO.C15H10N.Ir/c17-15-8-4-2-6-12(15)14-10-9-11-5-1-3-7-13(11)16-14;1-2-6-12(7-3-1)15-10-13-8-4-5-9-14(13)11-16-15;/h1-10,17H;1-6,8-11H;/q;-1;. The van der Waals surface area contributed by atoms with Crippen LogP contribution >= 0.6 is 0 Å². The van der Waals surface area contributed by atoms with Gasteiger partial charge in [0, 0.05) is 37.3 Å². The Morgan fingerprint density at radius 1 is 0.618 bits per heavy atom. The third-order valence-electron chi connectivity index (χ3n) is 5.39. The van der Waals surface area contributed by atoms with Crippen molar-refractivity contribution in [3.63, 3.8) is 0 Å². The molecule has 2 aromatic heterocycles. The average Bonchev–Trinajstić information content (AvgIpc) is 2.89. The molecule has 0 bridgehead atoms. The van der Waals surface area contributed by atoms with Gasteiger partial charge in [0.05, 0.1) is 11.2 Å². The number of fused-ring (bicyclic) bond motifs is 2. The Hall–Kier alpha value is -3.85. The summed E-state index contributed by atoms with van der Waals surface area (Å²) in [6.45, 7) is 0. The molecule has 0 amide bonds. The van der Waals surface area contributed by atoms with Gasteiger partial charge in [-0.3, -0.25) is 0 Å². The van der Waals surface area contributed by atoms with E-state index in [9.17, 15) is 5.11 Å². The number of rotatable bonds is 2. The van der Waals surface area contributed by atoms with Crippen LogP contribution in [0.1, 0.15) is 0 Å². The van der Waals surface area contributed by atoms with Crippen molar-refractivity contribution in [1.29, 1.82) is 0 Å². The number of benzene rings is 4. The summed E-state index contributed by atoms with van der Waals surface area (Å²) < 4.78 is 0. The fourth-order valence-corrected chi connectivity index (χ4v) is 3.69. The maximum absolute atomic E-state index is 9.80. The first-order chi connectivity index (χ1) is 16.3. The van der Waals surface area contributed by atoms with Gasteiger partial charge in [0.15, 0.2) is 0 Å². The van der Waals surface area contributed by atoms with Crippen LogP contribution in [-0.2, 0) is 20.1 Å². The Balaban J connectivity index is 0.000000157. The maximum atomic E-state index is 9.80. The Morgan fingerprint density at radius 2 is 1.32 bits per heavy atom.